The topological polar surface area (TPSA) is 77.0 Å². The number of nitrogen functional groups attached to an aromatic ring is 1. The van der Waals surface area contributed by atoms with Gasteiger partial charge < -0.3 is 15.5 Å². The van der Waals surface area contributed by atoms with Crippen LogP contribution >= 0.6 is 0 Å². The maximum Gasteiger partial charge on any atom is 0.222 e. The maximum atomic E-state index is 5.92. The van der Waals surface area contributed by atoms with Gasteiger partial charge >= 0.3 is 0 Å². The summed E-state index contributed by atoms with van der Waals surface area (Å²) in [7, 11) is 0. The van der Waals surface area contributed by atoms with Gasteiger partial charge in [-0.3, -0.25) is 0 Å². The van der Waals surface area contributed by atoms with E-state index in [1.807, 2.05) is 6.07 Å². The fraction of sp³-hybridized carbons (Fsp3) is 0.222. The summed E-state index contributed by atoms with van der Waals surface area (Å²) in [6.07, 6.45) is 3.39. The van der Waals surface area contributed by atoms with Gasteiger partial charge in [0.2, 0.25) is 5.95 Å². The lowest BCUT2D eigenvalue weighted by Gasteiger charge is -2.19. The van der Waals surface area contributed by atoms with E-state index in [0.717, 1.165) is 46.9 Å². The van der Waals surface area contributed by atoms with E-state index in [9.17, 15) is 0 Å². The Morgan fingerprint density at radius 1 is 1.09 bits per heavy atom. The van der Waals surface area contributed by atoms with E-state index in [-0.39, 0.29) is 5.95 Å². The van der Waals surface area contributed by atoms with Gasteiger partial charge in [-0.15, -0.1) is 0 Å². The van der Waals surface area contributed by atoms with Gasteiger partial charge in [-0.2, -0.15) is 4.98 Å². The van der Waals surface area contributed by atoms with Crippen molar-refractivity contribution in [2.24, 2.45) is 0 Å². The number of nitrogens with two attached hydrogens (primary N) is 1. The molecule has 2 aromatic heterocycles. The molecule has 0 unspecified atom stereocenters. The van der Waals surface area contributed by atoms with Gasteiger partial charge in [-0.25, -0.2) is 4.98 Å². The monoisotopic (exact) mass is 306 g/mol. The van der Waals surface area contributed by atoms with Gasteiger partial charge in [0.25, 0.3) is 0 Å². The second-order valence-electron chi connectivity index (χ2n) is 5.94. The third-order valence-electron chi connectivity index (χ3n) is 4.40. The Hall–Kier alpha value is -2.82. The van der Waals surface area contributed by atoms with Crippen molar-refractivity contribution in [3.8, 4) is 11.3 Å². The summed E-state index contributed by atoms with van der Waals surface area (Å²) in [5.41, 5.74) is 12.4. The Morgan fingerprint density at radius 2 is 1.96 bits per heavy atom. The lowest BCUT2D eigenvalue weighted by Crippen LogP contribution is -2.11. The molecule has 0 saturated carbocycles. The van der Waals surface area contributed by atoms with Gasteiger partial charge in [-0.1, -0.05) is 6.07 Å². The molecule has 0 fully saturated rings. The molecule has 0 radical (unpaired) electrons. The molecule has 0 atom stereocenters. The van der Waals surface area contributed by atoms with Crippen LogP contribution in [0.15, 0.2) is 34.9 Å². The predicted molar refractivity (Wildman–Crippen MR) is 90.8 cm³/mol. The Labute approximate surface area is 134 Å². The average Bonchev–Trinajstić information content (AvgIpc) is 3.00. The molecule has 1 aliphatic rings. The summed E-state index contributed by atoms with van der Waals surface area (Å²) in [6, 6.07) is 8.22. The van der Waals surface area contributed by atoms with Crippen LogP contribution in [0.25, 0.3) is 11.3 Å². The number of nitrogens with one attached hydrogen (secondary N) is 1. The minimum atomic E-state index is 0.268. The fourth-order valence-electron chi connectivity index (χ4n) is 3.00. The zero-order chi connectivity index (χ0) is 16.0. The molecule has 3 N–H and O–H groups in total. The normalized spacial score (nSPS) is 12.6. The van der Waals surface area contributed by atoms with Crippen LogP contribution in [0.1, 0.15) is 22.5 Å². The van der Waals surface area contributed by atoms with Gasteiger partial charge in [0.15, 0.2) is 0 Å². The predicted octanol–water partition coefficient (Wildman–Crippen LogP) is 3.78. The Balaban J connectivity index is 1.80. The van der Waals surface area contributed by atoms with Gasteiger partial charge in [0.05, 0.1) is 12.0 Å². The lowest BCUT2D eigenvalue weighted by atomic mass is 9.95. The number of hydrogen-bond donors (Lipinski definition) is 2. The van der Waals surface area contributed by atoms with Crippen molar-refractivity contribution < 1.29 is 4.42 Å². The molecule has 5 nitrogen and oxygen atoms in total. The molecule has 23 heavy (non-hydrogen) atoms. The number of furan rings is 1. The van der Waals surface area contributed by atoms with Crippen LogP contribution in [0.2, 0.25) is 0 Å². The summed E-state index contributed by atoms with van der Waals surface area (Å²) in [5, 5.41) is 3.40. The van der Waals surface area contributed by atoms with Crippen LogP contribution in [0.4, 0.5) is 17.5 Å². The molecular weight excluding hydrogens is 288 g/mol. The quantitative estimate of drug-likeness (QED) is 0.753. The lowest BCUT2D eigenvalue weighted by molar-refractivity contribution is 0.507. The van der Waals surface area contributed by atoms with Gasteiger partial charge in [0.1, 0.15) is 11.6 Å². The van der Waals surface area contributed by atoms with Crippen LogP contribution in [-0.2, 0) is 12.8 Å². The zero-order valence-electron chi connectivity index (χ0n) is 13.2. The van der Waals surface area contributed by atoms with Crippen molar-refractivity contribution in [3.63, 3.8) is 0 Å². The van der Waals surface area contributed by atoms with E-state index >= 15 is 0 Å². The Kier molecular flexibility index (Phi) is 3.08. The number of aromatic nitrogens is 2. The molecule has 5 heteroatoms. The summed E-state index contributed by atoms with van der Waals surface area (Å²) >= 11 is 0. The van der Waals surface area contributed by atoms with Crippen molar-refractivity contribution in [3.05, 3.63) is 53.0 Å². The molecule has 0 aliphatic heterocycles. The molecule has 3 aromatic rings. The van der Waals surface area contributed by atoms with E-state index in [2.05, 4.69) is 47.3 Å². The standard InChI is InChI=1S/C18H18N4O/c1-10-3-4-12(9-11(10)2)20-17-14-5-6-15-13(7-8-23-15)16(14)21-18(19)22-17/h3-4,7-9H,5-6H2,1-2H3,(H3,19,20,21,22). The minimum absolute atomic E-state index is 0.268. The highest BCUT2D eigenvalue weighted by Crippen LogP contribution is 2.37. The molecule has 0 bridgehead atoms. The van der Waals surface area contributed by atoms with Crippen molar-refractivity contribution in [2.45, 2.75) is 26.7 Å². The molecule has 0 spiro atoms. The third kappa shape index (κ3) is 2.34. The minimum Gasteiger partial charge on any atom is -0.469 e. The van der Waals surface area contributed by atoms with Crippen molar-refractivity contribution >= 4 is 17.5 Å². The largest absolute Gasteiger partial charge is 0.469 e. The maximum absolute atomic E-state index is 5.92. The molecular formula is C18H18N4O. The molecule has 1 aliphatic carbocycles. The van der Waals surface area contributed by atoms with Crippen molar-refractivity contribution in [2.75, 3.05) is 11.1 Å². The summed E-state index contributed by atoms with van der Waals surface area (Å²) in [5.74, 6) is 2.01. The average molecular weight is 306 g/mol. The van der Waals surface area contributed by atoms with E-state index in [4.69, 9.17) is 10.2 Å². The highest BCUT2D eigenvalue weighted by Gasteiger charge is 2.24. The molecule has 2 heterocycles. The van der Waals surface area contributed by atoms with E-state index in [1.165, 1.54) is 11.1 Å². The van der Waals surface area contributed by atoms with Crippen LogP contribution in [-0.4, -0.2) is 9.97 Å². The smallest absolute Gasteiger partial charge is 0.222 e. The molecule has 0 amide bonds. The van der Waals surface area contributed by atoms with Gasteiger partial charge in [0, 0.05) is 23.2 Å². The number of anilines is 3. The highest BCUT2D eigenvalue weighted by atomic mass is 16.3. The first-order valence-electron chi connectivity index (χ1n) is 7.69. The zero-order valence-corrected chi connectivity index (χ0v) is 13.2. The van der Waals surface area contributed by atoms with E-state index in [0.29, 0.717) is 0 Å². The second kappa shape index (κ2) is 5.12. The first kappa shape index (κ1) is 13.8. The summed E-state index contributed by atoms with van der Waals surface area (Å²) in [4.78, 5) is 8.84. The molecule has 4 rings (SSSR count). The van der Waals surface area contributed by atoms with E-state index in [1.54, 1.807) is 6.26 Å². The SMILES string of the molecule is Cc1ccc(Nc2nc(N)nc3c2CCc2occc2-3)cc1C. The van der Waals surface area contributed by atoms with Crippen LogP contribution in [0.3, 0.4) is 0 Å². The third-order valence-corrected chi connectivity index (χ3v) is 4.40. The van der Waals surface area contributed by atoms with Crippen LogP contribution in [0.5, 0.6) is 0 Å². The summed E-state index contributed by atoms with van der Waals surface area (Å²) < 4.78 is 5.52. The first-order valence-corrected chi connectivity index (χ1v) is 7.69. The molecule has 116 valence electrons. The molecule has 1 aromatic carbocycles. The summed E-state index contributed by atoms with van der Waals surface area (Å²) in [6.45, 7) is 4.20. The van der Waals surface area contributed by atoms with Crippen LogP contribution in [0, 0.1) is 13.8 Å². The highest BCUT2D eigenvalue weighted by molar-refractivity contribution is 5.75. The van der Waals surface area contributed by atoms with Crippen LogP contribution < -0.4 is 11.1 Å². The fourth-order valence-corrected chi connectivity index (χ4v) is 3.00. The van der Waals surface area contributed by atoms with Crippen molar-refractivity contribution in [1.82, 2.24) is 9.97 Å². The number of hydrogen-bond acceptors (Lipinski definition) is 5. The van der Waals surface area contributed by atoms with Gasteiger partial charge in [-0.05, 0) is 49.6 Å². The second-order valence-corrected chi connectivity index (χ2v) is 5.94. The Morgan fingerprint density at radius 3 is 2.78 bits per heavy atom. The Bertz CT molecular complexity index is 898. The number of aryl methyl sites for hydroxylation is 3. The van der Waals surface area contributed by atoms with E-state index < -0.39 is 0 Å². The van der Waals surface area contributed by atoms with Crippen molar-refractivity contribution in [1.29, 1.82) is 0 Å². The number of fused-ring (bicyclic) bond motifs is 3. The number of benzene rings is 1. The number of rotatable bonds is 2. The molecule has 0 saturated heterocycles. The number of nitrogens with zero attached hydrogens (tertiary/aromatic N) is 2. The first-order chi connectivity index (χ1) is 11.1.